The maximum atomic E-state index is 5.23. The Hall–Kier alpha value is -1.40. The number of nitrogens with one attached hydrogen (secondary N) is 1. The van der Waals surface area contributed by atoms with Crippen LogP contribution in [0.4, 0.5) is 0 Å². The van der Waals surface area contributed by atoms with E-state index in [1.54, 1.807) is 13.3 Å². The van der Waals surface area contributed by atoms with Crippen molar-refractivity contribution >= 4 is 15.9 Å². The zero-order valence-electron chi connectivity index (χ0n) is 11.9. The first-order valence-electron chi connectivity index (χ1n) is 6.56. The van der Waals surface area contributed by atoms with Gasteiger partial charge in [-0.25, -0.2) is 4.68 Å². The van der Waals surface area contributed by atoms with Crippen molar-refractivity contribution < 1.29 is 4.74 Å². The van der Waals surface area contributed by atoms with Gasteiger partial charge in [0, 0.05) is 6.54 Å². The Bertz CT molecular complexity index is 568. The van der Waals surface area contributed by atoms with Crippen LogP contribution in [0.25, 0.3) is 5.69 Å². The molecule has 1 aromatic carbocycles. The lowest BCUT2D eigenvalue weighted by atomic mass is 10.2. The third kappa shape index (κ3) is 3.58. The van der Waals surface area contributed by atoms with E-state index in [4.69, 9.17) is 4.74 Å². The first-order chi connectivity index (χ1) is 9.61. The van der Waals surface area contributed by atoms with E-state index >= 15 is 0 Å². The van der Waals surface area contributed by atoms with Gasteiger partial charge in [0.05, 0.1) is 29.2 Å². The predicted octanol–water partition coefficient (Wildman–Crippen LogP) is 2.78. The van der Waals surface area contributed by atoms with Crippen LogP contribution in [-0.4, -0.2) is 28.6 Å². The highest BCUT2D eigenvalue weighted by Gasteiger charge is 2.08. The van der Waals surface area contributed by atoms with Crippen LogP contribution in [0.5, 0.6) is 5.75 Å². The molecule has 1 aromatic heterocycles. The molecule has 0 spiro atoms. The van der Waals surface area contributed by atoms with Crippen LogP contribution in [0.3, 0.4) is 0 Å². The Morgan fingerprint density at radius 1 is 1.40 bits per heavy atom. The lowest BCUT2D eigenvalue weighted by Crippen LogP contribution is -2.20. The van der Waals surface area contributed by atoms with Gasteiger partial charge in [0.2, 0.25) is 0 Å². The fraction of sp³-hybridized carbons (Fsp3) is 0.429. The number of ether oxygens (including phenoxy) is 1. The topological polar surface area (TPSA) is 52.0 Å². The molecular formula is C14H19BrN4O. The monoisotopic (exact) mass is 338 g/mol. The largest absolute Gasteiger partial charge is 0.496 e. The summed E-state index contributed by atoms with van der Waals surface area (Å²) in [6.07, 6.45) is 1.78. The maximum Gasteiger partial charge on any atom is 0.133 e. The van der Waals surface area contributed by atoms with E-state index in [2.05, 4.69) is 45.4 Å². The van der Waals surface area contributed by atoms with Gasteiger partial charge in [-0.15, -0.1) is 5.10 Å². The van der Waals surface area contributed by atoms with Crippen molar-refractivity contribution in [3.63, 3.8) is 0 Å². The summed E-state index contributed by atoms with van der Waals surface area (Å²) in [4.78, 5) is 0. The van der Waals surface area contributed by atoms with Gasteiger partial charge in [0.1, 0.15) is 5.75 Å². The third-order valence-corrected chi connectivity index (χ3v) is 3.48. The summed E-state index contributed by atoms with van der Waals surface area (Å²) in [5.41, 5.74) is 1.99. The normalized spacial score (nSPS) is 11.1. The molecule has 2 rings (SSSR count). The highest BCUT2D eigenvalue weighted by Crippen LogP contribution is 2.27. The number of rotatable bonds is 6. The van der Waals surface area contributed by atoms with Crippen LogP contribution in [0.2, 0.25) is 0 Å². The van der Waals surface area contributed by atoms with Gasteiger partial charge in [-0.05, 0) is 46.6 Å². The molecule has 0 radical (unpaired) electrons. The quantitative estimate of drug-likeness (QED) is 0.879. The molecule has 0 aliphatic rings. The number of nitrogens with zero attached hydrogens (tertiary/aromatic N) is 3. The van der Waals surface area contributed by atoms with E-state index in [0.29, 0.717) is 5.92 Å². The van der Waals surface area contributed by atoms with E-state index in [9.17, 15) is 0 Å². The number of aromatic nitrogens is 3. The summed E-state index contributed by atoms with van der Waals surface area (Å²) in [7, 11) is 1.65. The Kier molecular flexibility index (Phi) is 5.14. The van der Waals surface area contributed by atoms with Gasteiger partial charge in [-0.2, -0.15) is 0 Å². The predicted molar refractivity (Wildman–Crippen MR) is 82.2 cm³/mol. The van der Waals surface area contributed by atoms with E-state index < -0.39 is 0 Å². The van der Waals surface area contributed by atoms with Crippen molar-refractivity contribution in [1.82, 2.24) is 20.3 Å². The molecule has 1 heterocycles. The van der Waals surface area contributed by atoms with Gasteiger partial charge < -0.3 is 10.1 Å². The van der Waals surface area contributed by atoms with Crippen LogP contribution in [0, 0.1) is 5.92 Å². The second kappa shape index (κ2) is 6.85. The average molecular weight is 339 g/mol. The molecule has 2 aromatic rings. The summed E-state index contributed by atoms with van der Waals surface area (Å²) in [5.74, 6) is 1.42. The molecular weight excluding hydrogens is 320 g/mol. The Labute approximate surface area is 127 Å². The molecule has 0 aliphatic heterocycles. The van der Waals surface area contributed by atoms with E-state index in [1.165, 1.54) is 0 Å². The number of halogens is 1. The minimum Gasteiger partial charge on any atom is -0.496 e. The molecule has 0 atom stereocenters. The molecule has 20 heavy (non-hydrogen) atoms. The molecule has 1 N–H and O–H groups in total. The van der Waals surface area contributed by atoms with Gasteiger partial charge in [-0.1, -0.05) is 19.1 Å². The molecule has 6 heteroatoms. The zero-order chi connectivity index (χ0) is 14.5. The summed E-state index contributed by atoms with van der Waals surface area (Å²) < 4.78 is 7.96. The number of benzene rings is 1. The van der Waals surface area contributed by atoms with Crippen molar-refractivity contribution in [2.75, 3.05) is 13.7 Å². The Balaban J connectivity index is 2.17. The number of methoxy groups -OCH3 is 1. The summed E-state index contributed by atoms with van der Waals surface area (Å²) >= 11 is 3.49. The van der Waals surface area contributed by atoms with Crippen molar-refractivity contribution in [2.24, 2.45) is 5.92 Å². The van der Waals surface area contributed by atoms with Gasteiger partial charge in [0.15, 0.2) is 0 Å². The van der Waals surface area contributed by atoms with Crippen LogP contribution in [0.15, 0.2) is 28.9 Å². The van der Waals surface area contributed by atoms with E-state index in [1.807, 2.05) is 22.9 Å². The number of hydrogen-bond donors (Lipinski definition) is 1. The molecule has 0 unspecified atom stereocenters. The Morgan fingerprint density at radius 3 is 2.85 bits per heavy atom. The van der Waals surface area contributed by atoms with E-state index in [0.717, 1.165) is 34.7 Å². The van der Waals surface area contributed by atoms with Gasteiger partial charge in [-0.3, -0.25) is 0 Å². The van der Waals surface area contributed by atoms with Crippen LogP contribution < -0.4 is 10.1 Å². The standard InChI is InChI=1S/C14H19BrN4O/c1-10(2)7-16-8-12-9-17-18-19(12)11-4-5-14(20-3)13(15)6-11/h4-6,9-10,16H,7-8H2,1-3H3. The zero-order valence-corrected chi connectivity index (χ0v) is 13.5. The second-order valence-corrected chi connectivity index (χ2v) is 5.84. The second-order valence-electron chi connectivity index (χ2n) is 4.98. The summed E-state index contributed by atoms with van der Waals surface area (Å²) in [6.45, 7) is 6.08. The molecule has 0 amide bonds. The fourth-order valence-corrected chi connectivity index (χ4v) is 2.40. The molecule has 0 saturated carbocycles. The molecule has 5 nitrogen and oxygen atoms in total. The highest BCUT2D eigenvalue weighted by atomic mass is 79.9. The maximum absolute atomic E-state index is 5.23. The van der Waals surface area contributed by atoms with Crippen molar-refractivity contribution in [2.45, 2.75) is 20.4 Å². The number of hydrogen-bond acceptors (Lipinski definition) is 4. The SMILES string of the molecule is COc1ccc(-n2nncc2CNCC(C)C)cc1Br. The van der Waals surface area contributed by atoms with Gasteiger partial charge >= 0.3 is 0 Å². The summed E-state index contributed by atoms with van der Waals surface area (Å²) in [5, 5.41) is 11.5. The first kappa shape index (κ1) is 15.0. The lowest BCUT2D eigenvalue weighted by molar-refractivity contribution is 0.412. The van der Waals surface area contributed by atoms with Crippen molar-refractivity contribution in [1.29, 1.82) is 0 Å². The third-order valence-electron chi connectivity index (χ3n) is 2.86. The highest BCUT2D eigenvalue weighted by molar-refractivity contribution is 9.10. The fourth-order valence-electron chi connectivity index (χ4n) is 1.87. The Morgan fingerprint density at radius 2 is 2.20 bits per heavy atom. The lowest BCUT2D eigenvalue weighted by Gasteiger charge is -2.10. The van der Waals surface area contributed by atoms with Crippen LogP contribution in [0.1, 0.15) is 19.5 Å². The molecule has 108 valence electrons. The first-order valence-corrected chi connectivity index (χ1v) is 7.35. The minimum absolute atomic E-state index is 0.620. The van der Waals surface area contributed by atoms with E-state index in [-0.39, 0.29) is 0 Å². The van der Waals surface area contributed by atoms with Crippen LogP contribution in [-0.2, 0) is 6.54 Å². The molecule has 0 saturated heterocycles. The molecule has 0 fully saturated rings. The average Bonchev–Trinajstić information content (AvgIpc) is 2.86. The van der Waals surface area contributed by atoms with Gasteiger partial charge in [0.25, 0.3) is 0 Å². The van der Waals surface area contributed by atoms with Crippen molar-refractivity contribution in [3.8, 4) is 11.4 Å². The molecule has 0 bridgehead atoms. The smallest absolute Gasteiger partial charge is 0.133 e. The summed E-state index contributed by atoms with van der Waals surface area (Å²) in [6, 6.07) is 5.84. The van der Waals surface area contributed by atoms with Crippen LogP contribution >= 0.6 is 15.9 Å². The molecule has 0 aliphatic carbocycles. The van der Waals surface area contributed by atoms with Crippen molar-refractivity contribution in [3.05, 3.63) is 34.6 Å². The minimum atomic E-state index is 0.620.